The first-order valence-corrected chi connectivity index (χ1v) is 8.33. The summed E-state index contributed by atoms with van der Waals surface area (Å²) in [5.41, 5.74) is 3.80. The number of aryl methyl sites for hydroxylation is 1. The normalized spacial score (nSPS) is 16.8. The lowest BCUT2D eigenvalue weighted by Crippen LogP contribution is -2.28. The number of carbonyl (C=O) groups excluding carboxylic acids is 1. The van der Waals surface area contributed by atoms with E-state index < -0.39 is 0 Å². The fourth-order valence-electron chi connectivity index (χ4n) is 3.42. The van der Waals surface area contributed by atoms with Gasteiger partial charge >= 0.3 is 0 Å². The van der Waals surface area contributed by atoms with E-state index in [1.54, 1.807) is 30.3 Å². The maximum absolute atomic E-state index is 13.6. The summed E-state index contributed by atoms with van der Waals surface area (Å²) >= 11 is 5.96. The lowest BCUT2D eigenvalue weighted by atomic mass is 9.85. The van der Waals surface area contributed by atoms with Gasteiger partial charge < -0.3 is 10.3 Å². The van der Waals surface area contributed by atoms with Gasteiger partial charge in [0.2, 0.25) is 5.91 Å². The van der Waals surface area contributed by atoms with Crippen LogP contribution in [0.5, 0.6) is 0 Å². The fourth-order valence-corrected chi connectivity index (χ4v) is 3.61. The van der Waals surface area contributed by atoms with Crippen LogP contribution in [0.15, 0.2) is 42.5 Å². The Labute approximate surface area is 143 Å². The van der Waals surface area contributed by atoms with Gasteiger partial charge in [0.05, 0.1) is 0 Å². The molecule has 122 valence electrons. The average molecular weight is 343 g/mol. The van der Waals surface area contributed by atoms with Crippen molar-refractivity contribution >= 4 is 34.1 Å². The van der Waals surface area contributed by atoms with E-state index in [4.69, 9.17) is 11.6 Å². The number of halogens is 2. The van der Waals surface area contributed by atoms with E-state index in [9.17, 15) is 9.18 Å². The number of hydrogen-bond donors (Lipinski definition) is 2. The maximum atomic E-state index is 13.6. The largest absolute Gasteiger partial charge is 0.358 e. The number of hydrogen-bond acceptors (Lipinski definition) is 1. The lowest BCUT2D eigenvalue weighted by Gasteiger charge is -2.22. The summed E-state index contributed by atoms with van der Waals surface area (Å²) < 4.78 is 13.6. The lowest BCUT2D eigenvalue weighted by molar-refractivity contribution is -0.120. The molecule has 1 aliphatic carbocycles. The first-order valence-electron chi connectivity index (χ1n) is 7.95. The van der Waals surface area contributed by atoms with E-state index in [2.05, 4.69) is 10.3 Å². The van der Waals surface area contributed by atoms with Crippen LogP contribution >= 0.6 is 11.6 Å². The second-order valence-electron chi connectivity index (χ2n) is 6.21. The molecule has 2 aromatic carbocycles. The molecule has 0 saturated carbocycles. The predicted molar refractivity (Wildman–Crippen MR) is 93.9 cm³/mol. The van der Waals surface area contributed by atoms with Gasteiger partial charge in [0.25, 0.3) is 0 Å². The van der Waals surface area contributed by atoms with Crippen molar-refractivity contribution in [2.24, 2.45) is 5.92 Å². The Bertz CT molecular complexity index is 934. The average Bonchev–Trinajstić information content (AvgIpc) is 2.92. The van der Waals surface area contributed by atoms with Crippen molar-refractivity contribution in [2.75, 3.05) is 5.32 Å². The van der Waals surface area contributed by atoms with Crippen LogP contribution in [-0.2, 0) is 17.6 Å². The van der Waals surface area contributed by atoms with Crippen LogP contribution in [0.1, 0.15) is 17.7 Å². The molecule has 5 heteroatoms. The highest BCUT2D eigenvalue weighted by molar-refractivity contribution is 6.30. The molecule has 3 aromatic rings. The van der Waals surface area contributed by atoms with Gasteiger partial charge in [-0.25, -0.2) is 4.39 Å². The highest BCUT2D eigenvalue weighted by Crippen LogP contribution is 2.32. The molecule has 0 spiro atoms. The molecule has 1 aliphatic rings. The van der Waals surface area contributed by atoms with Crippen LogP contribution < -0.4 is 5.32 Å². The number of anilines is 1. The van der Waals surface area contributed by atoms with Crippen molar-refractivity contribution < 1.29 is 9.18 Å². The van der Waals surface area contributed by atoms with Gasteiger partial charge in [-0.1, -0.05) is 17.7 Å². The van der Waals surface area contributed by atoms with E-state index >= 15 is 0 Å². The van der Waals surface area contributed by atoms with E-state index in [1.807, 2.05) is 6.07 Å². The summed E-state index contributed by atoms with van der Waals surface area (Å²) in [4.78, 5) is 15.9. The van der Waals surface area contributed by atoms with Crippen molar-refractivity contribution in [3.05, 3.63) is 64.6 Å². The van der Waals surface area contributed by atoms with Gasteiger partial charge in [-0.05, 0) is 61.2 Å². The maximum Gasteiger partial charge on any atom is 0.227 e. The molecule has 0 saturated heterocycles. The van der Waals surface area contributed by atoms with Crippen molar-refractivity contribution in [1.82, 2.24) is 4.98 Å². The molecule has 1 unspecified atom stereocenters. The fraction of sp³-hybridized carbons (Fsp3) is 0.211. The number of aromatic nitrogens is 1. The van der Waals surface area contributed by atoms with E-state index in [1.165, 1.54) is 6.07 Å². The molecule has 0 radical (unpaired) electrons. The van der Waals surface area contributed by atoms with Gasteiger partial charge in [-0.2, -0.15) is 0 Å². The smallest absolute Gasteiger partial charge is 0.227 e. The van der Waals surface area contributed by atoms with Crippen molar-refractivity contribution in [3.63, 3.8) is 0 Å². The SMILES string of the molecule is O=C(Nc1cccc(Cl)c1)C1CCc2[nH]c3ccc(F)cc3c2C1. The van der Waals surface area contributed by atoms with Gasteiger partial charge in [0.1, 0.15) is 5.82 Å². The number of amides is 1. The van der Waals surface area contributed by atoms with Crippen LogP contribution in [0.3, 0.4) is 0 Å². The van der Waals surface area contributed by atoms with Crippen LogP contribution in [0.25, 0.3) is 10.9 Å². The number of carbonyl (C=O) groups is 1. The minimum absolute atomic E-state index is 0.0198. The molecule has 1 aromatic heterocycles. The Hall–Kier alpha value is -2.33. The molecule has 0 bridgehead atoms. The molecular weight excluding hydrogens is 327 g/mol. The molecule has 4 rings (SSSR count). The summed E-state index contributed by atoms with van der Waals surface area (Å²) in [7, 11) is 0. The number of fused-ring (bicyclic) bond motifs is 3. The summed E-state index contributed by atoms with van der Waals surface area (Å²) in [6, 6.07) is 11.9. The van der Waals surface area contributed by atoms with Crippen LogP contribution in [0.4, 0.5) is 10.1 Å². The second kappa shape index (κ2) is 5.95. The summed E-state index contributed by atoms with van der Waals surface area (Å²) in [5, 5.41) is 4.40. The van der Waals surface area contributed by atoms with Crippen molar-refractivity contribution in [3.8, 4) is 0 Å². The monoisotopic (exact) mass is 342 g/mol. The quantitative estimate of drug-likeness (QED) is 0.696. The molecule has 24 heavy (non-hydrogen) atoms. The molecule has 0 fully saturated rings. The van der Waals surface area contributed by atoms with Gasteiger partial charge in [-0.15, -0.1) is 0 Å². The summed E-state index contributed by atoms with van der Waals surface area (Å²) in [6.07, 6.45) is 2.18. The number of benzene rings is 2. The number of nitrogens with one attached hydrogen (secondary N) is 2. The topological polar surface area (TPSA) is 44.9 Å². The highest BCUT2D eigenvalue weighted by Gasteiger charge is 2.27. The summed E-state index contributed by atoms with van der Waals surface area (Å²) in [5.74, 6) is -0.401. The Morgan fingerprint density at radius 2 is 2.12 bits per heavy atom. The third-order valence-corrected chi connectivity index (χ3v) is 4.85. The van der Waals surface area contributed by atoms with Crippen LogP contribution in [0, 0.1) is 11.7 Å². The summed E-state index contributed by atoms with van der Waals surface area (Å²) in [6.45, 7) is 0. The van der Waals surface area contributed by atoms with Gasteiger partial charge in [0.15, 0.2) is 0 Å². The molecule has 1 amide bonds. The van der Waals surface area contributed by atoms with Crippen LogP contribution in [-0.4, -0.2) is 10.9 Å². The minimum Gasteiger partial charge on any atom is -0.358 e. The molecule has 2 N–H and O–H groups in total. The number of H-pyrrole nitrogens is 1. The Balaban J connectivity index is 1.58. The van der Waals surface area contributed by atoms with E-state index in [0.717, 1.165) is 35.0 Å². The number of aromatic amines is 1. The Morgan fingerprint density at radius 3 is 2.96 bits per heavy atom. The van der Waals surface area contributed by atoms with Crippen molar-refractivity contribution in [1.29, 1.82) is 0 Å². The predicted octanol–water partition coefficient (Wildman–Crippen LogP) is 4.70. The first-order chi connectivity index (χ1) is 11.6. The highest BCUT2D eigenvalue weighted by atomic mass is 35.5. The number of rotatable bonds is 2. The van der Waals surface area contributed by atoms with Crippen molar-refractivity contribution in [2.45, 2.75) is 19.3 Å². The van der Waals surface area contributed by atoms with Gasteiger partial charge in [-0.3, -0.25) is 4.79 Å². The third-order valence-electron chi connectivity index (χ3n) is 4.61. The molecule has 3 nitrogen and oxygen atoms in total. The zero-order chi connectivity index (χ0) is 16.7. The molecular formula is C19H16ClFN2O. The van der Waals surface area contributed by atoms with Crippen LogP contribution in [0.2, 0.25) is 5.02 Å². The zero-order valence-electron chi connectivity index (χ0n) is 12.9. The standard InChI is InChI=1S/C19H16ClFN2O/c20-12-2-1-3-14(9-12)22-19(24)11-4-6-17-15(8-11)16-10-13(21)5-7-18(16)23-17/h1-3,5,7,9-11,23H,4,6,8H2,(H,22,24). The molecule has 0 aliphatic heterocycles. The minimum atomic E-state index is -0.255. The first kappa shape index (κ1) is 15.2. The molecule has 1 heterocycles. The Morgan fingerprint density at radius 1 is 1.25 bits per heavy atom. The van der Waals surface area contributed by atoms with Gasteiger partial charge in [0, 0.05) is 33.2 Å². The zero-order valence-corrected chi connectivity index (χ0v) is 13.7. The van der Waals surface area contributed by atoms with E-state index in [0.29, 0.717) is 17.1 Å². The second-order valence-corrected chi connectivity index (χ2v) is 6.65. The Kier molecular flexibility index (Phi) is 3.77. The van der Waals surface area contributed by atoms with E-state index in [-0.39, 0.29) is 17.6 Å². The third kappa shape index (κ3) is 2.78. The molecule has 1 atom stereocenters.